The molecule has 2 N–H and O–H groups in total. The molecule has 4 rings (SSSR count). The standard InChI is InChI=1S/C32H55NO3/c1-5-22(2)33-29(36)13-11-9-7-6-8-10-12-23-21-32(4)27(16-17-28(32)35)26-15-14-24-20-25(34)18-19-31(24,3)30(23)26/h22-24,26-28,30,35H,5-21H2,1-4H3,(H,33,36)/t22?,23-,24-,26-,27-,28-,30-,31-,32-/m0/s1. The maximum Gasteiger partial charge on any atom is 0.220 e. The Kier molecular flexibility index (Phi) is 9.27. The van der Waals surface area contributed by atoms with Gasteiger partial charge in [0, 0.05) is 25.3 Å². The third kappa shape index (κ3) is 5.74. The predicted molar refractivity (Wildman–Crippen MR) is 146 cm³/mol. The van der Waals surface area contributed by atoms with E-state index >= 15 is 0 Å². The van der Waals surface area contributed by atoms with Crippen molar-refractivity contribution >= 4 is 11.7 Å². The number of hydrogen-bond donors (Lipinski definition) is 2. The van der Waals surface area contributed by atoms with Gasteiger partial charge in [-0.2, -0.15) is 0 Å². The molecular formula is C32H55NO3. The molecule has 4 saturated carbocycles. The predicted octanol–water partition coefficient (Wildman–Crippen LogP) is 7.22. The fourth-order valence-electron chi connectivity index (χ4n) is 9.55. The number of aliphatic hydroxyl groups is 1. The van der Waals surface area contributed by atoms with E-state index < -0.39 is 0 Å². The summed E-state index contributed by atoms with van der Waals surface area (Å²) in [7, 11) is 0. The summed E-state index contributed by atoms with van der Waals surface area (Å²) in [5, 5.41) is 14.1. The number of unbranched alkanes of at least 4 members (excludes halogenated alkanes) is 5. The Labute approximate surface area is 221 Å². The van der Waals surface area contributed by atoms with Crippen LogP contribution in [0, 0.1) is 40.4 Å². The van der Waals surface area contributed by atoms with Crippen LogP contribution >= 0.6 is 0 Å². The van der Waals surface area contributed by atoms with E-state index in [1.165, 1.54) is 57.8 Å². The number of amides is 1. The summed E-state index contributed by atoms with van der Waals surface area (Å²) in [6.45, 7) is 9.14. The summed E-state index contributed by atoms with van der Waals surface area (Å²) in [4.78, 5) is 24.3. The molecule has 4 nitrogen and oxygen atoms in total. The zero-order valence-electron chi connectivity index (χ0n) is 23.8. The first-order chi connectivity index (χ1) is 17.2. The number of rotatable bonds is 11. The van der Waals surface area contributed by atoms with E-state index in [-0.39, 0.29) is 23.5 Å². The average molecular weight is 502 g/mol. The van der Waals surface area contributed by atoms with Gasteiger partial charge in [-0.3, -0.25) is 9.59 Å². The van der Waals surface area contributed by atoms with Gasteiger partial charge in [-0.25, -0.2) is 0 Å². The van der Waals surface area contributed by atoms with E-state index in [0.29, 0.717) is 35.4 Å². The molecule has 4 aliphatic carbocycles. The van der Waals surface area contributed by atoms with E-state index in [1.807, 2.05) is 0 Å². The van der Waals surface area contributed by atoms with E-state index in [2.05, 4.69) is 33.0 Å². The molecule has 4 aliphatic rings. The minimum Gasteiger partial charge on any atom is -0.393 e. The van der Waals surface area contributed by atoms with Gasteiger partial charge in [-0.15, -0.1) is 0 Å². The van der Waals surface area contributed by atoms with Crippen molar-refractivity contribution in [1.82, 2.24) is 5.32 Å². The fourth-order valence-corrected chi connectivity index (χ4v) is 9.55. The first-order valence-electron chi connectivity index (χ1n) is 15.7. The Morgan fingerprint density at radius 3 is 2.50 bits per heavy atom. The van der Waals surface area contributed by atoms with Gasteiger partial charge in [0.25, 0.3) is 0 Å². The minimum absolute atomic E-state index is 0.107. The highest BCUT2D eigenvalue weighted by Crippen LogP contribution is 2.68. The van der Waals surface area contributed by atoms with Gasteiger partial charge >= 0.3 is 0 Å². The molecule has 0 heterocycles. The summed E-state index contributed by atoms with van der Waals surface area (Å²) in [5.41, 5.74) is 0.432. The van der Waals surface area contributed by atoms with Gasteiger partial charge in [0.1, 0.15) is 5.78 Å². The minimum atomic E-state index is -0.123. The summed E-state index contributed by atoms with van der Waals surface area (Å²) < 4.78 is 0. The van der Waals surface area contributed by atoms with E-state index in [9.17, 15) is 14.7 Å². The topological polar surface area (TPSA) is 66.4 Å². The highest BCUT2D eigenvalue weighted by Gasteiger charge is 2.62. The van der Waals surface area contributed by atoms with Crippen molar-refractivity contribution in [3.05, 3.63) is 0 Å². The number of ketones is 1. The Balaban J connectivity index is 1.29. The zero-order chi connectivity index (χ0) is 25.9. The molecule has 0 spiro atoms. The van der Waals surface area contributed by atoms with Crippen LogP contribution in [0.1, 0.15) is 137 Å². The van der Waals surface area contributed by atoms with Crippen LogP contribution in [0.3, 0.4) is 0 Å². The normalized spacial score (nSPS) is 40.8. The molecule has 0 saturated heterocycles. The molecule has 206 valence electrons. The van der Waals surface area contributed by atoms with Crippen molar-refractivity contribution in [2.24, 2.45) is 40.4 Å². The summed E-state index contributed by atoms with van der Waals surface area (Å²) >= 11 is 0. The summed E-state index contributed by atoms with van der Waals surface area (Å²) in [6, 6.07) is 0.288. The van der Waals surface area contributed by atoms with E-state index in [1.54, 1.807) is 0 Å². The summed E-state index contributed by atoms with van der Waals surface area (Å²) in [5.74, 6) is 4.19. The molecule has 0 aliphatic heterocycles. The highest BCUT2D eigenvalue weighted by atomic mass is 16.3. The van der Waals surface area contributed by atoms with Crippen LogP contribution in [-0.2, 0) is 9.59 Å². The van der Waals surface area contributed by atoms with Gasteiger partial charge < -0.3 is 10.4 Å². The molecule has 0 radical (unpaired) electrons. The van der Waals surface area contributed by atoms with E-state index in [0.717, 1.165) is 56.8 Å². The summed E-state index contributed by atoms with van der Waals surface area (Å²) in [6.07, 6.45) is 18.7. The number of fused-ring (bicyclic) bond motifs is 5. The Morgan fingerprint density at radius 1 is 1.03 bits per heavy atom. The van der Waals surface area contributed by atoms with Crippen molar-refractivity contribution in [1.29, 1.82) is 0 Å². The molecule has 0 bridgehead atoms. The Morgan fingerprint density at radius 2 is 1.75 bits per heavy atom. The fraction of sp³-hybridized carbons (Fsp3) is 0.938. The molecule has 0 aromatic carbocycles. The molecule has 1 amide bonds. The monoisotopic (exact) mass is 501 g/mol. The number of carbonyl (C=O) groups is 2. The van der Waals surface area contributed by atoms with Crippen molar-refractivity contribution in [2.45, 2.75) is 149 Å². The first kappa shape index (κ1) is 28.1. The van der Waals surface area contributed by atoms with Crippen LogP contribution in [0.25, 0.3) is 0 Å². The number of Topliss-reactive ketones (excluding diaryl/α,β-unsaturated/α-hetero) is 1. The molecule has 36 heavy (non-hydrogen) atoms. The molecule has 0 aromatic rings. The van der Waals surface area contributed by atoms with Gasteiger partial charge in [0.2, 0.25) is 5.91 Å². The Bertz CT molecular complexity index is 766. The van der Waals surface area contributed by atoms with Gasteiger partial charge in [-0.05, 0) is 98.7 Å². The van der Waals surface area contributed by atoms with Crippen molar-refractivity contribution in [2.75, 3.05) is 0 Å². The molecule has 9 atom stereocenters. The van der Waals surface area contributed by atoms with Crippen LogP contribution in [0.5, 0.6) is 0 Å². The molecule has 1 unspecified atom stereocenters. The lowest BCUT2D eigenvalue weighted by molar-refractivity contribution is -0.159. The maximum absolute atomic E-state index is 12.3. The van der Waals surface area contributed by atoms with Gasteiger partial charge in [0.05, 0.1) is 6.10 Å². The number of hydrogen-bond acceptors (Lipinski definition) is 3. The lowest BCUT2D eigenvalue weighted by atomic mass is 9.42. The maximum atomic E-state index is 12.3. The third-order valence-electron chi connectivity index (χ3n) is 11.8. The average Bonchev–Trinajstić information content (AvgIpc) is 3.14. The smallest absolute Gasteiger partial charge is 0.220 e. The number of carbonyl (C=O) groups excluding carboxylic acids is 2. The highest BCUT2D eigenvalue weighted by molar-refractivity contribution is 5.79. The van der Waals surface area contributed by atoms with Crippen LogP contribution in [0.4, 0.5) is 0 Å². The van der Waals surface area contributed by atoms with Crippen LogP contribution < -0.4 is 5.32 Å². The van der Waals surface area contributed by atoms with Crippen LogP contribution in [0.15, 0.2) is 0 Å². The van der Waals surface area contributed by atoms with Gasteiger partial charge in [-0.1, -0.05) is 59.3 Å². The molecule has 4 heteroatoms. The Hall–Kier alpha value is -0.900. The van der Waals surface area contributed by atoms with Crippen molar-refractivity contribution in [3.8, 4) is 0 Å². The number of nitrogens with one attached hydrogen (secondary N) is 1. The third-order valence-corrected chi connectivity index (χ3v) is 11.8. The van der Waals surface area contributed by atoms with Crippen LogP contribution in [0.2, 0.25) is 0 Å². The van der Waals surface area contributed by atoms with Crippen molar-refractivity contribution in [3.63, 3.8) is 0 Å². The second-order valence-electron chi connectivity index (χ2n) is 13.9. The largest absolute Gasteiger partial charge is 0.393 e. The molecular weight excluding hydrogens is 446 g/mol. The van der Waals surface area contributed by atoms with Crippen LogP contribution in [-0.4, -0.2) is 28.9 Å². The zero-order valence-corrected chi connectivity index (χ0v) is 23.8. The number of aliphatic hydroxyl groups excluding tert-OH is 1. The first-order valence-corrected chi connectivity index (χ1v) is 15.7. The lowest BCUT2D eigenvalue weighted by Gasteiger charge is -2.62. The molecule has 0 aromatic heterocycles. The second kappa shape index (κ2) is 11.9. The molecule has 4 fully saturated rings. The lowest BCUT2D eigenvalue weighted by Crippen LogP contribution is -2.57. The van der Waals surface area contributed by atoms with E-state index in [4.69, 9.17) is 0 Å². The van der Waals surface area contributed by atoms with Crippen molar-refractivity contribution < 1.29 is 14.7 Å². The quantitative estimate of drug-likeness (QED) is 0.294. The SMILES string of the molecule is CCC(C)NC(=O)CCCCCCCC[C@H]1C[C@]2(C)[C@@H](O)CC[C@H]2[C@@H]2CC[C@H]3CC(=O)CC[C@]3(C)[C@@H]12. The second-order valence-corrected chi connectivity index (χ2v) is 13.9. The van der Waals surface area contributed by atoms with Gasteiger partial charge in [0.15, 0.2) is 0 Å².